The molecule has 0 unspecified atom stereocenters. The number of ether oxygens (including phenoxy) is 1. The third-order valence-corrected chi connectivity index (χ3v) is 5.40. The Labute approximate surface area is 172 Å². The number of carbonyl (C=O) groups is 2. The van der Waals surface area contributed by atoms with E-state index >= 15 is 0 Å². The van der Waals surface area contributed by atoms with Crippen LogP contribution in [0.1, 0.15) is 28.5 Å². The molecule has 0 spiro atoms. The molecular weight excluding hydrogens is 368 g/mol. The molecule has 2 aromatic rings. The average molecular weight is 399 g/mol. The highest BCUT2D eigenvalue weighted by molar-refractivity contribution is 5.98. The summed E-state index contributed by atoms with van der Waals surface area (Å²) < 4.78 is 5.32. The first-order chi connectivity index (χ1) is 13.9. The molecule has 3 rings (SSSR count). The van der Waals surface area contributed by atoms with Crippen LogP contribution in [0.3, 0.4) is 0 Å². The normalized spacial score (nSPS) is 15.4. The summed E-state index contributed by atoms with van der Waals surface area (Å²) in [5.74, 6) is -0.191. The minimum absolute atomic E-state index is 0.120. The van der Waals surface area contributed by atoms with Gasteiger partial charge in [0.2, 0.25) is 5.91 Å². The maximum absolute atomic E-state index is 12.7. The molecule has 7 nitrogen and oxygen atoms in total. The number of hydrogen-bond acceptors (Lipinski definition) is 6. The number of carbonyl (C=O) groups excluding carboxylic acids is 2. The van der Waals surface area contributed by atoms with E-state index in [0.717, 1.165) is 48.3 Å². The molecular formula is C22H30N4O3. The van der Waals surface area contributed by atoms with Crippen LogP contribution in [0.4, 0.5) is 0 Å². The minimum atomic E-state index is -0.312. The molecule has 1 aromatic heterocycles. The lowest BCUT2D eigenvalue weighted by molar-refractivity contribution is -0.130. The van der Waals surface area contributed by atoms with Gasteiger partial charge in [0.25, 0.3) is 0 Å². The summed E-state index contributed by atoms with van der Waals surface area (Å²) in [5, 5.41) is 0.978. The van der Waals surface area contributed by atoms with Crippen molar-refractivity contribution in [2.45, 2.75) is 20.4 Å². The molecule has 1 aliphatic rings. The molecule has 0 bridgehead atoms. The van der Waals surface area contributed by atoms with Crippen molar-refractivity contribution in [3.63, 3.8) is 0 Å². The first kappa shape index (κ1) is 21.2. The summed E-state index contributed by atoms with van der Waals surface area (Å²) in [6.07, 6.45) is 0. The van der Waals surface area contributed by atoms with E-state index in [1.54, 1.807) is 19.0 Å². The van der Waals surface area contributed by atoms with Crippen molar-refractivity contribution in [2.75, 3.05) is 53.4 Å². The van der Waals surface area contributed by atoms with Crippen LogP contribution >= 0.6 is 0 Å². The van der Waals surface area contributed by atoms with Gasteiger partial charge < -0.3 is 9.64 Å². The molecule has 1 aromatic carbocycles. The van der Waals surface area contributed by atoms with Gasteiger partial charge in [-0.05, 0) is 25.5 Å². The van der Waals surface area contributed by atoms with Gasteiger partial charge in [-0.3, -0.25) is 19.6 Å². The number of nitrogens with zero attached hydrogens (tertiary/aromatic N) is 4. The summed E-state index contributed by atoms with van der Waals surface area (Å²) in [6.45, 7) is 8.45. The van der Waals surface area contributed by atoms with Crippen LogP contribution in [0, 0.1) is 6.92 Å². The third kappa shape index (κ3) is 4.92. The molecule has 0 N–H and O–H groups in total. The number of piperazine rings is 1. The van der Waals surface area contributed by atoms with Crippen molar-refractivity contribution in [2.24, 2.45) is 0 Å². The van der Waals surface area contributed by atoms with Gasteiger partial charge in [-0.2, -0.15) is 0 Å². The fraction of sp³-hybridized carbons (Fsp3) is 0.500. The van der Waals surface area contributed by atoms with Crippen molar-refractivity contribution in [3.05, 3.63) is 41.1 Å². The van der Waals surface area contributed by atoms with Gasteiger partial charge in [-0.1, -0.05) is 18.2 Å². The minimum Gasteiger partial charge on any atom is -0.462 e. The maximum atomic E-state index is 12.7. The summed E-state index contributed by atoms with van der Waals surface area (Å²) in [6, 6.07) is 7.89. The van der Waals surface area contributed by atoms with Crippen LogP contribution in [0.25, 0.3) is 10.9 Å². The van der Waals surface area contributed by atoms with E-state index in [9.17, 15) is 9.59 Å². The molecule has 1 fully saturated rings. The predicted octanol–water partition coefficient (Wildman–Crippen LogP) is 1.93. The number of pyridine rings is 1. The van der Waals surface area contributed by atoms with Crippen molar-refractivity contribution < 1.29 is 14.3 Å². The van der Waals surface area contributed by atoms with Gasteiger partial charge >= 0.3 is 5.97 Å². The summed E-state index contributed by atoms with van der Waals surface area (Å²) in [4.78, 5) is 35.5. The molecule has 0 saturated carbocycles. The predicted molar refractivity (Wildman–Crippen MR) is 113 cm³/mol. The van der Waals surface area contributed by atoms with Gasteiger partial charge in [-0.25, -0.2) is 4.79 Å². The third-order valence-electron chi connectivity index (χ3n) is 5.40. The summed E-state index contributed by atoms with van der Waals surface area (Å²) >= 11 is 0. The molecule has 7 heteroatoms. The molecule has 1 aliphatic heterocycles. The van der Waals surface area contributed by atoms with E-state index in [1.807, 2.05) is 38.1 Å². The number of benzene rings is 1. The molecule has 1 amide bonds. The van der Waals surface area contributed by atoms with E-state index in [1.165, 1.54) is 0 Å². The molecule has 0 atom stereocenters. The largest absolute Gasteiger partial charge is 0.462 e. The fourth-order valence-electron chi connectivity index (χ4n) is 3.68. The van der Waals surface area contributed by atoms with Crippen LogP contribution in [-0.2, 0) is 16.1 Å². The Hall–Kier alpha value is -2.51. The SMILES string of the molecule is CCOC(=O)c1c(CN2CCN(CC(=O)N(C)C)CC2)nc2ccccc2c1C. The lowest BCUT2D eigenvalue weighted by atomic mass is 10.0. The van der Waals surface area contributed by atoms with Crippen molar-refractivity contribution in [3.8, 4) is 0 Å². The number of amides is 1. The Morgan fingerprint density at radius 3 is 2.41 bits per heavy atom. The second kappa shape index (κ2) is 9.33. The Bertz CT molecular complexity index is 889. The van der Waals surface area contributed by atoms with Crippen LogP contribution in [0.15, 0.2) is 24.3 Å². The number of aromatic nitrogens is 1. The number of para-hydroxylation sites is 1. The topological polar surface area (TPSA) is 66.0 Å². The van der Waals surface area contributed by atoms with E-state index in [2.05, 4.69) is 9.80 Å². The summed E-state index contributed by atoms with van der Waals surface area (Å²) in [5.41, 5.74) is 3.15. The van der Waals surface area contributed by atoms with Crippen LogP contribution in [0.5, 0.6) is 0 Å². The van der Waals surface area contributed by atoms with Gasteiger partial charge in [-0.15, -0.1) is 0 Å². The van der Waals surface area contributed by atoms with Crippen molar-refractivity contribution in [1.82, 2.24) is 19.7 Å². The Kier molecular flexibility index (Phi) is 6.82. The summed E-state index contributed by atoms with van der Waals surface area (Å²) in [7, 11) is 3.56. The van der Waals surface area contributed by atoms with E-state index in [-0.39, 0.29) is 11.9 Å². The Balaban J connectivity index is 1.78. The zero-order chi connectivity index (χ0) is 21.0. The number of esters is 1. The quantitative estimate of drug-likeness (QED) is 0.693. The highest BCUT2D eigenvalue weighted by Crippen LogP contribution is 2.25. The van der Waals surface area contributed by atoms with Gasteiger partial charge in [0, 0.05) is 52.2 Å². The monoisotopic (exact) mass is 398 g/mol. The Morgan fingerprint density at radius 2 is 1.76 bits per heavy atom. The number of rotatable bonds is 6. The molecule has 1 saturated heterocycles. The second-order valence-electron chi connectivity index (χ2n) is 7.64. The van der Waals surface area contributed by atoms with Crippen LogP contribution in [0.2, 0.25) is 0 Å². The maximum Gasteiger partial charge on any atom is 0.340 e. The first-order valence-corrected chi connectivity index (χ1v) is 10.1. The van der Waals surface area contributed by atoms with Crippen molar-refractivity contribution >= 4 is 22.8 Å². The van der Waals surface area contributed by atoms with Gasteiger partial charge in [0.05, 0.1) is 29.9 Å². The lowest BCUT2D eigenvalue weighted by Gasteiger charge is -2.34. The molecule has 29 heavy (non-hydrogen) atoms. The van der Waals surface area contributed by atoms with Crippen molar-refractivity contribution in [1.29, 1.82) is 0 Å². The van der Waals surface area contributed by atoms with E-state index in [0.29, 0.717) is 25.3 Å². The molecule has 2 heterocycles. The van der Waals surface area contributed by atoms with Gasteiger partial charge in [0.1, 0.15) is 0 Å². The van der Waals surface area contributed by atoms with E-state index < -0.39 is 0 Å². The number of hydrogen-bond donors (Lipinski definition) is 0. The smallest absolute Gasteiger partial charge is 0.340 e. The fourth-order valence-corrected chi connectivity index (χ4v) is 3.68. The Morgan fingerprint density at radius 1 is 1.10 bits per heavy atom. The number of fused-ring (bicyclic) bond motifs is 1. The average Bonchev–Trinajstić information content (AvgIpc) is 2.69. The number of aryl methyl sites for hydroxylation is 1. The van der Waals surface area contributed by atoms with Gasteiger partial charge in [0.15, 0.2) is 0 Å². The van der Waals surface area contributed by atoms with Crippen LogP contribution < -0.4 is 0 Å². The molecule has 0 radical (unpaired) electrons. The first-order valence-electron chi connectivity index (χ1n) is 10.1. The van der Waals surface area contributed by atoms with E-state index in [4.69, 9.17) is 9.72 Å². The second-order valence-corrected chi connectivity index (χ2v) is 7.64. The number of likely N-dealkylation sites (N-methyl/N-ethyl adjacent to an activating group) is 1. The molecule has 0 aliphatic carbocycles. The van der Waals surface area contributed by atoms with Crippen LogP contribution in [-0.4, -0.2) is 85.0 Å². The molecule has 156 valence electrons. The highest BCUT2D eigenvalue weighted by atomic mass is 16.5. The zero-order valence-electron chi connectivity index (χ0n) is 17.8. The zero-order valence-corrected chi connectivity index (χ0v) is 17.8. The lowest BCUT2D eigenvalue weighted by Crippen LogP contribution is -2.49. The highest BCUT2D eigenvalue weighted by Gasteiger charge is 2.24. The standard InChI is InChI=1S/C22H30N4O3/c1-5-29-22(28)21-16(2)17-8-6-7-9-18(17)23-19(21)14-25-10-12-26(13-11-25)15-20(27)24(3)4/h6-9H,5,10-15H2,1-4H3.